The Morgan fingerprint density at radius 1 is 1.05 bits per heavy atom. The number of methoxy groups -OCH3 is 2. The lowest BCUT2D eigenvalue weighted by atomic mass is 10.0. The van der Waals surface area contributed by atoms with E-state index in [1.165, 1.54) is 7.11 Å². The van der Waals surface area contributed by atoms with Crippen molar-refractivity contribution in [3.63, 3.8) is 0 Å². The minimum Gasteiger partial charge on any atom is -0.497 e. The SMILES string of the molecule is COc1ccc(C(=O)c2ccc(C)c(Cl)c2)c(OC)c1. The van der Waals surface area contributed by atoms with Crippen molar-refractivity contribution in [1.82, 2.24) is 0 Å². The molecule has 0 radical (unpaired) electrons. The Morgan fingerprint density at radius 3 is 2.40 bits per heavy atom. The summed E-state index contributed by atoms with van der Waals surface area (Å²) >= 11 is 6.06. The molecule has 0 unspecified atom stereocenters. The van der Waals surface area contributed by atoms with E-state index >= 15 is 0 Å². The Balaban J connectivity index is 2.44. The maximum absolute atomic E-state index is 12.5. The second kappa shape index (κ2) is 5.97. The molecule has 0 saturated heterocycles. The number of ether oxygens (including phenoxy) is 2. The highest BCUT2D eigenvalue weighted by Gasteiger charge is 2.16. The lowest BCUT2D eigenvalue weighted by molar-refractivity contribution is 0.103. The van der Waals surface area contributed by atoms with Crippen LogP contribution < -0.4 is 9.47 Å². The quantitative estimate of drug-likeness (QED) is 0.801. The van der Waals surface area contributed by atoms with E-state index in [9.17, 15) is 4.79 Å². The maximum Gasteiger partial charge on any atom is 0.196 e. The van der Waals surface area contributed by atoms with Crippen LogP contribution >= 0.6 is 11.6 Å². The molecule has 0 saturated carbocycles. The molecule has 0 aromatic heterocycles. The highest BCUT2D eigenvalue weighted by atomic mass is 35.5. The summed E-state index contributed by atoms with van der Waals surface area (Å²) in [5.74, 6) is 0.984. The number of benzene rings is 2. The van der Waals surface area contributed by atoms with Gasteiger partial charge in [0.2, 0.25) is 0 Å². The van der Waals surface area contributed by atoms with Crippen molar-refractivity contribution in [3.8, 4) is 11.5 Å². The minimum atomic E-state index is -0.133. The molecular weight excluding hydrogens is 276 g/mol. The average Bonchev–Trinajstić information content (AvgIpc) is 2.48. The Bertz CT molecular complexity index is 650. The molecule has 0 atom stereocenters. The number of hydrogen-bond donors (Lipinski definition) is 0. The zero-order chi connectivity index (χ0) is 14.7. The summed E-state index contributed by atoms with van der Waals surface area (Å²) in [7, 11) is 3.09. The molecule has 0 bridgehead atoms. The molecule has 0 aliphatic rings. The van der Waals surface area contributed by atoms with Crippen molar-refractivity contribution in [3.05, 3.63) is 58.1 Å². The molecule has 0 spiro atoms. The van der Waals surface area contributed by atoms with Crippen molar-refractivity contribution in [2.45, 2.75) is 6.92 Å². The fourth-order valence-electron chi connectivity index (χ4n) is 1.88. The normalized spacial score (nSPS) is 10.2. The van der Waals surface area contributed by atoms with Gasteiger partial charge < -0.3 is 9.47 Å². The standard InChI is InChI=1S/C16H15ClO3/c1-10-4-5-11(8-14(10)17)16(18)13-7-6-12(19-2)9-15(13)20-3/h4-9H,1-3H3. The van der Waals surface area contributed by atoms with Gasteiger partial charge in [0.15, 0.2) is 5.78 Å². The first-order valence-corrected chi connectivity index (χ1v) is 6.47. The van der Waals surface area contributed by atoms with Gasteiger partial charge >= 0.3 is 0 Å². The van der Waals surface area contributed by atoms with Crippen LogP contribution in [0.2, 0.25) is 5.02 Å². The smallest absolute Gasteiger partial charge is 0.196 e. The maximum atomic E-state index is 12.5. The van der Waals surface area contributed by atoms with E-state index in [4.69, 9.17) is 21.1 Å². The van der Waals surface area contributed by atoms with Gasteiger partial charge in [0.25, 0.3) is 0 Å². The summed E-state index contributed by atoms with van der Waals surface area (Å²) in [4.78, 5) is 12.5. The lowest BCUT2D eigenvalue weighted by Crippen LogP contribution is -2.04. The molecule has 104 valence electrons. The van der Waals surface area contributed by atoms with Crippen LogP contribution in [0, 0.1) is 6.92 Å². The van der Waals surface area contributed by atoms with Gasteiger partial charge in [-0.25, -0.2) is 0 Å². The fourth-order valence-corrected chi connectivity index (χ4v) is 2.06. The molecule has 0 aliphatic heterocycles. The van der Waals surface area contributed by atoms with Gasteiger partial charge in [0, 0.05) is 16.7 Å². The van der Waals surface area contributed by atoms with Crippen LogP contribution in [-0.2, 0) is 0 Å². The molecule has 0 amide bonds. The van der Waals surface area contributed by atoms with Crippen molar-refractivity contribution in [1.29, 1.82) is 0 Å². The van der Waals surface area contributed by atoms with Crippen molar-refractivity contribution < 1.29 is 14.3 Å². The third-order valence-corrected chi connectivity index (χ3v) is 3.49. The molecule has 0 aliphatic carbocycles. The average molecular weight is 291 g/mol. The molecule has 0 fully saturated rings. The number of ketones is 1. The Morgan fingerprint density at radius 2 is 1.80 bits per heavy atom. The molecule has 2 aromatic carbocycles. The van der Waals surface area contributed by atoms with Crippen molar-refractivity contribution in [2.24, 2.45) is 0 Å². The Kier molecular flexibility index (Phi) is 4.30. The molecule has 3 nitrogen and oxygen atoms in total. The van der Waals surface area contributed by atoms with Crippen LogP contribution in [0.1, 0.15) is 21.5 Å². The Labute approximate surface area is 123 Å². The van der Waals surface area contributed by atoms with Gasteiger partial charge in [-0.1, -0.05) is 23.7 Å². The summed E-state index contributed by atoms with van der Waals surface area (Å²) in [6.07, 6.45) is 0. The van der Waals surface area contributed by atoms with Gasteiger partial charge in [-0.15, -0.1) is 0 Å². The van der Waals surface area contributed by atoms with Crippen LogP contribution in [0.3, 0.4) is 0 Å². The first-order valence-electron chi connectivity index (χ1n) is 6.09. The van der Waals surface area contributed by atoms with E-state index in [1.54, 1.807) is 37.4 Å². The van der Waals surface area contributed by atoms with Gasteiger partial charge in [-0.3, -0.25) is 4.79 Å². The van der Waals surface area contributed by atoms with Gasteiger partial charge in [-0.2, -0.15) is 0 Å². The second-order valence-corrected chi connectivity index (χ2v) is 4.77. The summed E-state index contributed by atoms with van der Waals surface area (Å²) < 4.78 is 10.4. The molecule has 20 heavy (non-hydrogen) atoms. The summed E-state index contributed by atoms with van der Waals surface area (Å²) in [6.45, 7) is 1.89. The third-order valence-electron chi connectivity index (χ3n) is 3.09. The summed E-state index contributed by atoms with van der Waals surface area (Å²) in [6, 6.07) is 10.4. The topological polar surface area (TPSA) is 35.5 Å². The molecule has 2 rings (SSSR count). The largest absolute Gasteiger partial charge is 0.497 e. The number of hydrogen-bond acceptors (Lipinski definition) is 3. The number of carbonyl (C=O) groups excluding carboxylic acids is 1. The van der Waals surface area contributed by atoms with E-state index in [-0.39, 0.29) is 5.78 Å². The van der Waals surface area contributed by atoms with E-state index in [0.717, 1.165) is 5.56 Å². The number of rotatable bonds is 4. The number of aryl methyl sites for hydroxylation is 1. The summed E-state index contributed by atoms with van der Waals surface area (Å²) in [5.41, 5.74) is 1.95. The Hall–Kier alpha value is -2.00. The van der Waals surface area contributed by atoms with Crippen LogP contribution in [0.5, 0.6) is 11.5 Å². The number of carbonyl (C=O) groups is 1. The first-order chi connectivity index (χ1) is 9.56. The molecule has 0 heterocycles. The van der Waals surface area contributed by atoms with Gasteiger partial charge in [0.1, 0.15) is 11.5 Å². The minimum absolute atomic E-state index is 0.133. The van der Waals surface area contributed by atoms with E-state index in [2.05, 4.69) is 0 Å². The highest BCUT2D eigenvalue weighted by molar-refractivity contribution is 6.32. The van der Waals surface area contributed by atoms with E-state index < -0.39 is 0 Å². The number of halogens is 1. The zero-order valence-electron chi connectivity index (χ0n) is 11.6. The zero-order valence-corrected chi connectivity index (χ0v) is 12.3. The highest BCUT2D eigenvalue weighted by Crippen LogP contribution is 2.27. The predicted molar refractivity (Wildman–Crippen MR) is 79.2 cm³/mol. The van der Waals surface area contributed by atoms with Crippen LogP contribution in [-0.4, -0.2) is 20.0 Å². The monoisotopic (exact) mass is 290 g/mol. The first kappa shape index (κ1) is 14.4. The molecular formula is C16H15ClO3. The molecule has 2 aromatic rings. The third kappa shape index (κ3) is 2.78. The van der Waals surface area contributed by atoms with Gasteiger partial charge in [0.05, 0.1) is 19.8 Å². The van der Waals surface area contributed by atoms with Crippen LogP contribution in [0.15, 0.2) is 36.4 Å². The van der Waals surface area contributed by atoms with E-state index in [0.29, 0.717) is 27.6 Å². The van der Waals surface area contributed by atoms with Crippen LogP contribution in [0.4, 0.5) is 0 Å². The molecule has 4 heteroatoms. The van der Waals surface area contributed by atoms with Crippen molar-refractivity contribution in [2.75, 3.05) is 14.2 Å². The van der Waals surface area contributed by atoms with Gasteiger partial charge in [-0.05, 0) is 30.7 Å². The second-order valence-electron chi connectivity index (χ2n) is 4.36. The molecule has 0 N–H and O–H groups in total. The fraction of sp³-hybridized carbons (Fsp3) is 0.188. The van der Waals surface area contributed by atoms with E-state index in [1.807, 2.05) is 13.0 Å². The summed E-state index contributed by atoms with van der Waals surface area (Å²) in [5, 5.41) is 0.573. The van der Waals surface area contributed by atoms with Crippen molar-refractivity contribution >= 4 is 17.4 Å². The predicted octanol–water partition coefficient (Wildman–Crippen LogP) is 3.90. The lowest BCUT2D eigenvalue weighted by Gasteiger charge is -2.10. The van der Waals surface area contributed by atoms with Crippen LogP contribution in [0.25, 0.3) is 0 Å².